The molecule has 1 saturated heterocycles. The van der Waals surface area contributed by atoms with Gasteiger partial charge >= 0.3 is 0 Å². The van der Waals surface area contributed by atoms with Gasteiger partial charge in [0.05, 0.1) is 97.0 Å². The van der Waals surface area contributed by atoms with E-state index in [2.05, 4.69) is 20.7 Å². The number of phenols is 1. The van der Waals surface area contributed by atoms with Crippen molar-refractivity contribution in [2.45, 2.75) is 50.4 Å². The molecule has 0 radical (unpaired) electrons. The van der Waals surface area contributed by atoms with Crippen LogP contribution in [-0.2, 0) is 33.3 Å². The Labute approximate surface area is 320 Å². The van der Waals surface area contributed by atoms with Crippen LogP contribution in [-0.4, -0.2) is 169 Å². The fraction of sp³-hybridized carbons (Fsp3) is 0.618. The zero-order valence-electron chi connectivity index (χ0n) is 30.4. The third-order valence-corrected chi connectivity index (χ3v) is 7.87. The minimum Gasteiger partial charge on any atom is -0.508 e. The van der Waals surface area contributed by atoms with Gasteiger partial charge in [0.25, 0.3) is 11.8 Å². The summed E-state index contributed by atoms with van der Waals surface area (Å²) in [4.78, 5) is 28.2. The number of carbonyl (C=O) groups is 2. The average Bonchev–Trinajstić information content (AvgIpc) is 3.47. The van der Waals surface area contributed by atoms with Crippen LogP contribution in [0, 0.1) is 0 Å². The van der Waals surface area contributed by atoms with Crippen molar-refractivity contribution >= 4 is 46.8 Å². The van der Waals surface area contributed by atoms with Gasteiger partial charge in [-0.3, -0.25) is 29.9 Å². The lowest BCUT2D eigenvalue weighted by Crippen LogP contribution is -2.42. The normalized spacial score (nSPS) is 18.7. The number of amides is 2. The van der Waals surface area contributed by atoms with Crippen molar-refractivity contribution in [3.8, 4) is 5.75 Å². The van der Waals surface area contributed by atoms with Crippen LogP contribution >= 0.6 is 12.2 Å². The van der Waals surface area contributed by atoms with E-state index in [-0.39, 0.29) is 55.2 Å². The zero-order chi connectivity index (χ0) is 39.4. The van der Waals surface area contributed by atoms with Crippen LogP contribution in [0.2, 0.25) is 0 Å². The first-order valence-electron chi connectivity index (χ1n) is 17.7. The summed E-state index contributed by atoms with van der Waals surface area (Å²) >= 11 is 5.26. The quantitative estimate of drug-likeness (QED) is 0.0125. The van der Waals surface area contributed by atoms with Gasteiger partial charge in [-0.15, -0.1) is 0 Å². The number of imide groups is 1. The third kappa shape index (κ3) is 21.9. The SMILES string of the molecule is N/N=C(\C=NCCOCCOCCOCCOCCN1C(=O)C=CC1=O)CCCCNC(=S)Nc1ccc(O)cc1.OC1COC(CCN(O)O)CC1O. The largest absolute Gasteiger partial charge is 0.508 e. The zero-order valence-corrected chi connectivity index (χ0v) is 31.2. The molecule has 0 spiro atoms. The number of aliphatic imine (C=N–C) groups is 1. The lowest BCUT2D eigenvalue weighted by molar-refractivity contribution is -0.309. The van der Waals surface area contributed by atoms with E-state index in [9.17, 15) is 19.8 Å². The van der Waals surface area contributed by atoms with Gasteiger partial charge in [0, 0.05) is 37.0 Å². The van der Waals surface area contributed by atoms with Gasteiger partial charge < -0.3 is 55.5 Å². The molecular weight excluding hydrogens is 730 g/mol. The highest BCUT2D eigenvalue weighted by molar-refractivity contribution is 7.80. The average molecular weight is 786 g/mol. The van der Waals surface area contributed by atoms with E-state index in [1.165, 1.54) is 12.2 Å². The van der Waals surface area contributed by atoms with Gasteiger partial charge in [0.15, 0.2) is 5.11 Å². The second kappa shape index (κ2) is 28.7. The number of hydrazone groups is 1. The number of carbonyl (C=O) groups excluding carboxylic acids is 2. The van der Waals surface area contributed by atoms with Crippen molar-refractivity contribution in [2.75, 3.05) is 91.0 Å². The molecule has 2 heterocycles. The van der Waals surface area contributed by atoms with Crippen molar-refractivity contribution in [3.05, 3.63) is 36.4 Å². The summed E-state index contributed by atoms with van der Waals surface area (Å²) in [6.45, 7) is 4.89. The number of unbranched alkanes of at least 4 members (excludes halogenated alkanes) is 1. The molecule has 9 N–H and O–H groups in total. The van der Waals surface area contributed by atoms with Crippen LogP contribution < -0.4 is 16.5 Å². The molecule has 2 amide bonds. The van der Waals surface area contributed by atoms with Crippen LogP contribution in [0.5, 0.6) is 5.75 Å². The fourth-order valence-corrected chi connectivity index (χ4v) is 4.89. The maximum atomic E-state index is 11.4. The molecule has 54 heavy (non-hydrogen) atoms. The smallest absolute Gasteiger partial charge is 0.253 e. The highest BCUT2D eigenvalue weighted by Crippen LogP contribution is 2.17. The second-order valence-corrected chi connectivity index (χ2v) is 12.3. The predicted octanol–water partition coefficient (Wildman–Crippen LogP) is 0.193. The van der Waals surface area contributed by atoms with E-state index < -0.39 is 12.2 Å². The summed E-state index contributed by atoms with van der Waals surface area (Å²) in [7, 11) is 0. The summed E-state index contributed by atoms with van der Waals surface area (Å²) < 4.78 is 26.9. The maximum Gasteiger partial charge on any atom is 0.253 e. The van der Waals surface area contributed by atoms with E-state index >= 15 is 0 Å². The number of rotatable bonds is 25. The number of benzene rings is 1. The van der Waals surface area contributed by atoms with Crippen LogP contribution in [0.1, 0.15) is 32.1 Å². The number of hydrogen-bond donors (Lipinski definition) is 8. The van der Waals surface area contributed by atoms with Crippen molar-refractivity contribution in [1.82, 2.24) is 15.4 Å². The van der Waals surface area contributed by atoms with Gasteiger partial charge in [-0.1, -0.05) is 5.23 Å². The molecule has 1 fully saturated rings. The minimum atomic E-state index is -0.824. The standard InChI is InChI=1S/C27H40N6O7S.C7H15NO5/c28-32-23(3-1-2-10-30-27(41)31-22-4-6-24(34)7-5-22)21-29-11-13-37-15-17-39-19-20-40-18-16-38-14-12-33-25(35)8-9-26(33)36;9-6-3-5(1-2-8(11)12)13-4-7(6)10/h4-9,21,34H,1-3,10-20,28H2,(H2,30,31,41);5-7,9-12H,1-4H2/b29-21?,32-23-;. The molecular formula is C34H55N7O12S. The number of aliphatic hydroxyl groups excluding tert-OH is 2. The molecule has 3 rings (SSSR count). The van der Waals surface area contributed by atoms with E-state index in [4.69, 9.17) is 57.3 Å². The molecule has 3 atom stereocenters. The lowest BCUT2D eigenvalue weighted by atomic mass is 10.0. The van der Waals surface area contributed by atoms with Gasteiger partial charge in [-0.2, -0.15) is 5.10 Å². The Bertz CT molecular complexity index is 1290. The first kappa shape index (κ1) is 46.5. The number of nitrogens with one attached hydrogen (secondary N) is 2. The number of anilines is 1. The molecule has 3 unspecified atom stereocenters. The maximum absolute atomic E-state index is 11.4. The summed E-state index contributed by atoms with van der Waals surface area (Å²) in [5, 5.41) is 55.1. The van der Waals surface area contributed by atoms with Crippen LogP contribution in [0.3, 0.4) is 0 Å². The number of nitrogens with two attached hydrogens (primary N) is 1. The van der Waals surface area contributed by atoms with Crippen molar-refractivity contribution in [1.29, 1.82) is 0 Å². The first-order chi connectivity index (χ1) is 26.1. The molecule has 20 heteroatoms. The van der Waals surface area contributed by atoms with Crippen LogP contribution in [0.25, 0.3) is 0 Å². The fourth-order valence-electron chi connectivity index (χ4n) is 4.67. The molecule has 0 aromatic heterocycles. The van der Waals surface area contributed by atoms with E-state index in [1.807, 2.05) is 0 Å². The molecule has 0 aliphatic carbocycles. The number of hydrogen-bond acceptors (Lipinski definition) is 17. The van der Waals surface area contributed by atoms with Crippen LogP contribution in [0.4, 0.5) is 5.69 Å². The van der Waals surface area contributed by atoms with Crippen LogP contribution in [0.15, 0.2) is 46.5 Å². The minimum absolute atomic E-state index is 0.0630. The topological polar surface area (TPSA) is 263 Å². The monoisotopic (exact) mass is 785 g/mol. The van der Waals surface area contributed by atoms with Crippen molar-refractivity contribution in [3.63, 3.8) is 0 Å². The van der Waals surface area contributed by atoms with Gasteiger partial charge in [-0.05, 0) is 62.2 Å². The number of hydroxylamine groups is 2. The number of ether oxygens (including phenoxy) is 5. The highest BCUT2D eigenvalue weighted by atomic mass is 32.1. The summed E-state index contributed by atoms with van der Waals surface area (Å²) in [6.07, 6.45) is 5.57. The molecule has 1 aromatic rings. The predicted molar refractivity (Wildman–Crippen MR) is 202 cm³/mol. The second-order valence-electron chi connectivity index (χ2n) is 11.9. The molecule has 19 nitrogen and oxygen atoms in total. The third-order valence-electron chi connectivity index (χ3n) is 7.62. The van der Waals surface area contributed by atoms with Crippen molar-refractivity contribution < 1.29 is 59.0 Å². The molecule has 304 valence electrons. The lowest BCUT2D eigenvalue weighted by Gasteiger charge is -2.30. The van der Waals surface area contributed by atoms with Gasteiger partial charge in [0.2, 0.25) is 0 Å². The molecule has 0 bridgehead atoms. The number of nitrogens with zero attached hydrogens (tertiary/aromatic N) is 4. The summed E-state index contributed by atoms with van der Waals surface area (Å²) in [5.41, 5.74) is 1.52. The number of aliphatic hydroxyl groups is 2. The molecule has 2 aliphatic heterocycles. The summed E-state index contributed by atoms with van der Waals surface area (Å²) in [5.74, 6) is 5.05. The molecule has 1 aromatic carbocycles. The summed E-state index contributed by atoms with van der Waals surface area (Å²) in [6, 6.07) is 6.68. The Balaban J connectivity index is 0.000000650. The Morgan fingerprint density at radius 3 is 2.15 bits per heavy atom. The number of thiocarbonyl (C=S) groups is 1. The van der Waals surface area contributed by atoms with Gasteiger partial charge in [0.1, 0.15) is 11.9 Å². The van der Waals surface area contributed by atoms with E-state index in [1.54, 1.807) is 30.5 Å². The Hall–Kier alpha value is -3.67. The molecule has 2 aliphatic rings. The number of aromatic hydroxyl groups is 1. The first-order valence-corrected chi connectivity index (χ1v) is 18.1. The Kier molecular flexibility index (Phi) is 24.7. The van der Waals surface area contributed by atoms with Gasteiger partial charge in [-0.25, -0.2) is 0 Å². The highest BCUT2D eigenvalue weighted by Gasteiger charge is 2.28. The molecule has 0 saturated carbocycles. The Morgan fingerprint density at radius 2 is 1.56 bits per heavy atom. The van der Waals surface area contributed by atoms with E-state index in [0.29, 0.717) is 83.7 Å². The Morgan fingerprint density at radius 1 is 0.944 bits per heavy atom. The van der Waals surface area contributed by atoms with Crippen molar-refractivity contribution in [2.24, 2.45) is 15.9 Å². The number of phenolic OH excluding ortho intramolecular Hbond substituents is 1. The van der Waals surface area contributed by atoms with E-state index in [0.717, 1.165) is 29.1 Å².